The Bertz CT molecular complexity index is 722. The first kappa shape index (κ1) is 25.2. The molecule has 164 valence electrons. The Morgan fingerprint density at radius 3 is 2.48 bits per heavy atom. The minimum atomic E-state index is -1.87. The molecule has 0 unspecified atom stereocenters. The largest absolute Gasteiger partial charge is 0.417 e. The Morgan fingerprint density at radius 2 is 1.97 bits per heavy atom. The van der Waals surface area contributed by atoms with Gasteiger partial charge < -0.3 is 15.5 Å². The van der Waals surface area contributed by atoms with E-state index >= 15 is 0 Å². The summed E-state index contributed by atoms with van der Waals surface area (Å²) in [5.41, 5.74) is 8.78. The molecule has 0 saturated carbocycles. The maximum atomic E-state index is 12.7. The monoisotopic (exact) mass is 443 g/mol. The van der Waals surface area contributed by atoms with Gasteiger partial charge in [-0.2, -0.15) is 0 Å². The van der Waals surface area contributed by atoms with Crippen molar-refractivity contribution in [2.75, 3.05) is 18.5 Å². The van der Waals surface area contributed by atoms with Crippen molar-refractivity contribution in [2.45, 2.75) is 65.2 Å². The molecular weight excluding hydrogens is 410 g/mol. The molecule has 8 nitrogen and oxygen atoms in total. The smallest absolute Gasteiger partial charge is 0.333 e. The van der Waals surface area contributed by atoms with Crippen molar-refractivity contribution in [2.24, 2.45) is 5.73 Å². The SMILES string of the molecule is CC(C)Nc1cc(Cl)ncc1C(=O)NN(CCCO[Si](C)(C)C(C)(C)C)C(N)=O. The number of urea groups is 1. The molecule has 0 aliphatic rings. The third-order valence-electron chi connectivity index (χ3n) is 4.86. The number of aromatic nitrogens is 1. The molecule has 4 N–H and O–H groups in total. The molecule has 1 aromatic rings. The Balaban J connectivity index is 2.75. The number of nitrogens with zero attached hydrogens (tertiary/aromatic N) is 2. The second kappa shape index (κ2) is 10.3. The number of hydrogen-bond donors (Lipinski definition) is 3. The minimum Gasteiger partial charge on any atom is -0.417 e. The summed E-state index contributed by atoms with van der Waals surface area (Å²) in [5, 5.41) is 4.60. The van der Waals surface area contributed by atoms with Crippen LogP contribution in [0.4, 0.5) is 10.5 Å². The highest BCUT2D eigenvalue weighted by atomic mass is 35.5. The van der Waals surface area contributed by atoms with Crippen LogP contribution in [-0.2, 0) is 4.43 Å². The Morgan fingerprint density at radius 1 is 1.34 bits per heavy atom. The lowest BCUT2D eigenvalue weighted by Crippen LogP contribution is -2.50. The predicted octanol–water partition coefficient (Wildman–Crippen LogP) is 3.99. The van der Waals surface area contributed by atoms with E-state index < -0.39 is 20.3 Å². The highest BCUT2D eigenvalue weighted by Gasteiger charge is 2.36. The van der Waals surface area contributed by atoms with E-state index in [1.54, 1.807) is 6.07 Å². The number of nitrogens with two attached hydrogens (primary N) is 1. The van der Waals surface area contributed by atoms with Crippen LogP contribution in [0.2, 0.25) is 23.3 Å². The van der Waals surface area contributed by atoms with Crippen molar-refractivity contribution in [3.63, 3.8) is 0 Å². The van der Waals surface area contributed by atoms with Gasteiger partial charge in [-0.15, -0.1) is 0 Å². The fourth-order valence-electron chi connectivity index (χ4n) is 2.21. The fraction of sp³-hybridized carbons (Fsp3) is 0.632. The molecule has 29 heavy (non-hydrogen) atoms. The van der Waals surface area contributed by atoms with Crippen LogP contribution in [0, 0.1) is 0 Å². The fourth-order valence-corrected chi connectivity index (χ4v) is 3.46. The second-order valence-electron chi connectivity index (χ2n) is 8.74. The summed E-state index contributed by atoms with van der Waals surface area (Å²) in [7, 11) is -1.87. The summed E-state index contributed by atoms with van der Waals surface area (Å²) >= 11 is 5.94. The average Bonchev–Trinajstić information content (AvgIpc) is 2.55. The summed E-state index contributed by atoms with van der Waals surface area (Å²) in [5.74, 6) is -0.499. The molecule has 1 heterocycles. The van der Waals surface area contributed by atoms with Crippen LogP contribution < -0.4 is 16.5 Å². The van der Waals surface area contributed by atoms with E-state index in [2.05, 4.69) is 49.6 Å². The number of carbonyl (C=O) groups excluding carboxylic acids is 2. The van der Waals surface area contributed by atoms with E-state index in [0.717, 1.165) is 5.01 Å². The molecule has 0 aliphatic heterocycles. The van der Waals surface area contributed by atoms with E-state index in [0.29, 0.717) is 18.7 Å². The topological polar surface area (TPSA) is 110 Å². The maximum Gasteiger partial charge on any atom is 0.333 e. The molecule has 3 amide bonds. The zero-order valence-corrected chi connectivity index (χ0v) is 20.2. The van der Waals surface area contributed by atoms with Crippen molar-refractivity contribution < 1.29 is 14.0 Å². The Labute approximate surface area is 179 Å². The van der Waals surface area contributed by atoms with Gasteiger partial charge in [-0.1, -0.05) is 32.4 Å². The summed E-state index contributed by atoms with van der Waals surface area (Å²) in [4.78, 5) is 28.4. The second-order valence-corrected chi connectivity index (χ2v) is 13.9. The normalized spacial score (nSPS) is 12.0. The molecule has 0 aromatic carbocycles. The first-order valence-corrected chi connectivity index (χ1v) is 13.0. The third kappa shape index (κ3) is 7.83. The first-order valence-electron chi connectivity index (χ1n) is 9.68. The molecule has 0 bridgehead atoms. The summed E-state index contributed by atoms with van der Waals surface area (Å²) < 4.78 is 6.10. The van der Waals surface area contributed by atoms with Gasteiger partial charge in [0.05, 0.1) is 11.3 Å². The van der Waals surface area contributed by atoms with E-state index in [-0.39, 0.29) is 28.3 Å². The van der Waals surface area contributed by atoms with Crippen LogP contribution in [0.5, 0.6) is 0 Å². The van der Waals surface area contributed by atoms with Crippen LogP contribution >= 0.6 is 11.6 Å². The molecular formula is C19H34ClN5O3Si. The van der Waals surface area contributed by atoms with Crippen LogP contribution in [0.25, 0.3) is 0 Å². The zero-order chi connectivity index (χ0) is 22.4. The molecule has 1 aromatic heterocycles. The number of hydrogen-bond acceptors (Lipinski definition) is 5. The number of anilines is 1. The zero-order valence-electron chi connectivity index (χ0n) is 18.4. The lowest BCUT2D eigenvalue weighted by molar-refractivity contribution is 0.0825. The van der Waals surface area contributed by atoms with E-state index in [1.165, 1.54) is 6.20 Å². The van der Waals surface area contributed by atoms with Gasteiger partial charge >= 0.3 is 6.03 Å². The minimum absolute atomic E-state index is 0.0831. The van der Waals surface area contributed by atoms with Gasteiger partial charge in [-0.25, -0.2) is 14.8 Å². The number of primary amides is 1. The molecule has 0 aliphatic carbocycles. The van der Waals surface area contributed by atoms with Crippen LogP contribution in [-0.4, -0.2) is 49.4 Å². The third-order valence-corrected chi connectivity index (χ3v) is 9.60. The summed E-state index contributed by atoms with van der Waals surface area (Å²) in [6.07, 6.45) is 1.91. The summed E-state index contributed by atoms with van der Waals surface area (Å²) in [6.45, 7) is 15.4. The molecule has 0 atom stereocenters. The number of pyridine rings is 1. The number of carbonyl (C=O) groups is 2. The van der Waals surface area contributed by atoms with Gasteiger partial charge in [0, 0.05) is 25.4 Å². The van der Waals surface area contributed by atoms with E-state index in [4.69, 9.17) is 21.8 Å². The van der Waals surface area contributed by atoms with Gasteiger partial charge in [0.1, 0.15) is 5.15 Å². The van der Waals surface area contributed by atoms with Crippen molar-refractivity contribution in [1.82, 2.24) is 15.4 Å². The van der Waals surface area contributed by atoms with Crippen molar-refractivity contribution in [3.05, 3.63) is 23.0 Å². The highest BCUT2D eigenvalue weighted by Crippen LogP contribution is 2.36. The highest BCUT2D eigenvalue weighted by molar-refractivity contribution is 6.74. The standard InChI is InChI=1S/C19H34ClN5O3Si/c1-13(2)23-15-11-16(20)22-12-14(15)17(26)24-25(18(21)27)9-8-10-28-29(6,7)19(3,4)5/h11-13H,8-10H2,1-7H3,(H2,21,27)(H,22,23)(H,24,26). The quantitative estimate of drug-likeness (QED) is 0.243. The molecule has 0 saturated heterocycles. The van der Waals surface area contributed by atoms with Gasteiger partial charge in [0.2, 0.25) is 0 Å². The van der Waals surface area contributed by atoms with Gasteiger partial charge in [0.25, 0.3) is 5.91 Å². The van der Waals surface area contributed by atoms with Crippen LogP contribution in [0.3, 0.4) is 0 Å². The first-order chi connectivity index (χ1) is 13.2. The number of rotatable bonds is 8. The number of hydrazine groups is 1. The Kier molecular flexibility index (Phi) is 8.92. The van der Waals surface area contributed by atoms with E-state index in [1.807, 2.05) is 13.8 Å². The van der Waals surface area contributed by atoms with Gasteiger partial charge in [-0.05, 0) is 44.5 Å². The van der Waals surface area contributed by atoms with Crippen molar-refractivity contribution in [1.29, 1.82) is 0 Å². The van der Waals surface area contributed by atoms with Gasteiger partial charge in [0.15, 0.2) is 8.32 Å². The Hall–Kier alpha value is -1.84. The molecule has 1 rings (SSSR count). The van der Waals surface area contributed by atoms with Crippen LogP contribution in [0.1, 0.15) is 51.4 Å². The molecule has 0 fully saturated rings. The van der Waals surface area contributed by atoms with Crippen LogP contribution in [0.15, 0.2) is 12.3 Å². The number of nitrogens with one attached hydrogen (secondary N) is 2. The average molecular weight is 444 g/mol. The molecule has 0 spiro atoms. The van der Waals surface area contributed by atoms with E-state index in [9.17, 15) is 9.59 Å². The van der Waals surface area contributed by atoms with Crippen molar-refractivity contribution in [3.8, 4) is 0 Å². The number of halogens is 1. The lowest BCUT2D eigenvalue weighted by atomic mass is 10.2. The number of amides is 3. The van der Waals surface area contributed by atoms with Crippen molar-refractivity contribution >= 4 is 37.5 Å². The summed E-state index contributed by atoms with van der Waals surface area (Å²) in [6, 6.07) is 0.906. The maximum absolute atomic E-state index is 12.7. The molecule has 10 heteroatoms. The predicted molar refractivity (Wildman–Crippen MR) is 120 cm³/mol. The van der Waals surface area contributed by atoms with Gasteiger partial charge in [-0.3, -0.25) is 10.2 Å². The lowest BCUT2D eigenvalue weighted by Gasteiger charge is -2.36. The molecule has 0 radical (unpaired) electrons.